The Bertz CT molecular complexity index is 556. The Morgan fingerprint density at radius 2 is 2.22 bits per heavy atom. The molecule has 0 aromatic carbocycles. The molecule has 0 saturated heterocycles. The third-order valence-corrected chi connectivity index (χ3v) is 4.09. The number of pyridine rings is 1. The number of hydrogen-bond donors (Lipinski definition) is 2. The summed E-state index contributed by atoms with van der Waals surface area (Å²) in [7, 11) is 0. The zero-order valence-corrected chi connectivity index (χ0v) is 12.0. The highest BCUT2D eigenvalue weighted by Crippen LogP contribution is 2.21. The maximum absolute atomic E-state index is 5.59. The number of rotatable bonds is 4. The zero-order chi connectivity index (χ0) is 13.1. The fourth-order valence-corrected chi connectivity index (χ4v) is 2.72. The molecular weight excluding hydrogens is 262 g/mol. The van der Waals surface area contributed by atoms with Crippen LogP contribution in [0.2, 0.25) is 0 Å². The number of thiocarbonyl (C=S) groups is 1. The van der Waals surface area contributed by atoms with Gasteiger partial charge < -0.3 is 11.1 Å². The van der Waals surface area contributed by atoms with Crippen LogP contribution < -0.4 is 11.1 Å². The monoisotopic (exact) mass is 277 g/mol. The highest BCUT2D eigenvalue weighted by Gasteiger charge is 2.03. The molecule has 3 nitrogen and oxygen atoms in total. The number of thiophene rings is 1. The van der Waals surface area contributed by atoms with Gasteiger partial charge in [0.15, 0.2) is 0 Å². The average Bonchev–Trinajstić information content (AvgIpc) is 2.67. The van der Waals surface area contributed by atoms with E-state index in [1.165, 1.54) is 15.3 Å². The van der Waals surface area contributed by atoms with Crippen molar-refractivity contribution >= 4 is 34.4 Å². The molecule has 0 spiro atoms. The van der Waals surface area contributed by atoms with Crippen molar-refractivity contribution in [3.05, 3.63) is 45.3 Å². The molecule has 0 atom stereocenters. The highest BCUT2D eigenvalue weighted by atomic mass is 32.1. The van der Waals surface area contributed by atoms with Crippen molar-refractivity contribution in [3.8, 4) is 0 Å². The quantitative estimate of drug-likeness (QED) is 0.844. The lowest BCUT2D eigenvalue weighted by Gasteiger charge is -2.05. The maximum atomic E-state index is 5.59. The van der Waals surface area contributed by atoms with Gasteiger partial charge in [-0.05, 0) is 37.6 Å². The lowest BCUT2D eigenvalue weighted by Crippen LogP contribution is -2.10. The minimum atomic E-state index is 0.392. The predicted octanol–water partition coefficient (Wildman–Crippen LogP) is 3.01. The summed E-state index contributed by atoms with van der Waals surface area (Å²) < 4.78 is 0. The summed E-state index contributed by atoms with van der Waals surface area (Å²) in [6, 6.07) is 5.88. The first kappa shape index (κ1) is 13.0. The lowest BCUT2D eigenvalue weighted by molar-refractivity contribution is 1.14. The fraction of sp³-hybridized carbons (Fsp3) is 0.231. The Morgan fingerprint density at radius 1 is 1.44 bits per heavy atom. The molecule has 0 amide bonds. The van der Waals surface area contributed by atoms with Gasteiger partial charge in [0.2, 0.25) is 0 Å². The van der Waals surface area contributed by atoms with Crippen molar-refractivity contribution in [1.29, 1.82) is 0 Å². The lowest BCUT2D eigenvalue weighted by atomic mass is 10.2. The van der Waals surface area contributed by atoms with E-state index in [1.807, 2.05) is 12.1 Å². The number of hydrogen-bond acceptors (Lipinski definition) is 4. The molecule has 3 N–H and O–H groups in total. The first-order chi connectivity index (χ1) is 8.56. The summed E-state index contributed by atoms with van der Waals surface area (Å²) in [5, 5.41) is 3.28. The molecule has 0 aliphatic carbocycles. The minimum Gasteiger partial charge on any atom is -0.389 e. The summed E-state index contributed by atoms with van der Waals surface area (Å²) in [6.45, 7) is 5.03. The van der Waals surface area contributed by atoms with Crippen LogP contribution in [0.4, 0.5) is 5.82 Å². The van der Waals surface area contributed by atoms with E-state index in [0.29, 0.717) is 4.99 Å². The van der Waals surface area contributed by atoms with Crippen LogP contribution in [0.5, 0.6) is 0 Å². The van der Waals surface area contributed by atoms with Crippen molar-refractivity contribution < 1.29 is 0 Å². The standard InChI is InChI=1S/C13H15N3S2/c1-8-5-11(18-9(8)2)7-16-12-6-10(13(14)17)3-4-15-12/h3-6H,7H2,1-2H3,(H2,14,17)(H,15,16). The number of aryl methyl sites for hydroxylation is 2. The molecule has 0 bridgehead atoms. The molecule has 5 heteroatoms. The zero-order valence-electron chi connectivity index (χ0n) is 10.4. The van der Waals surface area contributed by atoms with E-state index < -0.39 is 0 Å². The van der Waals surface area contributed by atoms with Gasteiger partial charge in [0.1, 0.15) is 10.8 Å². The molecule has 94 valence electrons. The maximum Gasteiger partial charge on any atom is 0.126 e. The van der Waals surface area contributed by atoms with Crippen molar-refractivity contribution in [3.63, 3.8) is 0 Å². The van der Waals surface area contributed by atoms with Gasteiger partial charge in [-0.1, -0.05) is 12.2 Å². The van der Waals surface area contributed by atoms with Gasteiger partial charge in [-0.25, -0.2) is 4.98 Å². The predicted molar refractivity (Wildman–Crippen MR) is 81.2 cm³/mol. The third kappa shape index (κ3) is 3.05. The average molecular weight is 277 g/mol. The molecule has 2 aromatic rings. The second-order valence-electron chi connectivity index (χ2n) is 4.10. The smallest absolute Gasteiger partial charge is 0.126 e. The highest BCUT2D eigenvalue weighted by molar-refractivity contribution is 7.80. The minimum absolute atomic E-state index is 0.392. The van der Waals surface area contributed by atoms with E-state index >= 15 is 0 Å². The Hall–Kier alpha value is -1.46. The van der Waals surface area contributed by atoms with Crippen molar-refractivity contribution in [2.24, 2.45) is 5.73 Å². The number of nitrogens with zero attached hydrogens (tertiary/aromatic N) is 1. The molecule has 0 radical (unpaired) electrons. The first-order valence-corrected chi connectivity index (χ1v) is 6.84. The number of nitrogens with two attached hydrogens (primary N) is 1. The van der Waals surface area contributed by atoms with Gasteiger partial charge in [-0.3, -0.25) is 0 Å². The third-order valence-electron chi connectivity index (χ3n) is 2.71. The van der Waals surface area contributed by atoms with Crippen molar-refractivity contribution in [2.75, 3.05) is 5.32 Å². The Morgan fingerprint density at radius 3 is 2.83 bits per heavy atom. The topological polar surface area (TPSA) is 50.9 Å². The first-order valence-electron chi connectivity index (χ1n) is 5.62. The number of nitrogens with one attached hydrogen (secondary N) is 1. The summed E-state index contributed by atoms with van der Waals surface area (Å²) in [4.78, 5) is 7.29. The van der Waals surface area contributed by atoms with Crippen LogP contribution in [0.15, 0.2) is 24.4 Å². The van der Waals surface area contributed by atoms with Gasteiger partial charge in [0, 0.05) is 21.5 Å². The summed E-state index contributed by atoms with van der Waals surface area (Å²) >= 11 is 6.75. The second kappa shape index (κ2) is 5.46. The Balaban J connectivity index is 2.06. The van der Waals surface area contributed by atoms with Gasteiger partial charge in [0.05, 0.1) is 6.54 Å². The van der Waals surface area contributed by atoms with Crippen LogP contribution in [-0.2, 0) is 6.54 Å². The molecule has 0 aliphatic heterocycles. The van der Waals surface area contributed by atoms with Crippen molar-refractivity contribution in [2.45, 2.75) is 20.4 Å². The van der Waals surface area contributed by atoms with E-state index in [0.717, 1.165) is 17.9 Å². The largest absolute Gasteiger partial charge is 0.389 e. The molecule has 0 unspecified atom stereocenters. The molecule has 0 saturated carbocycles. The molecule has 18 heavy (non-hydrogen) atoms. The normalized spacial score (nSPS) is 10.3. The van der Waals surface area contributed by atoms with Crippen LogP contribution >= 0.6 is 23.6 Å². The van der Waals surface area contributed by atoms with E-state index in [1.54, 1.807) is 17.5 Å². The van der Waals surface area contributed by atoms with Crippen LogP contribution in [-0.4, -0.2) is 9.97 Å². The van der Waals surface area contributed by atoms with Gasteiger partial charge >= 0.3 is 0 Å². The van der Waals surface area contributed by atoms with E-state index in [9.17, 15) is 0 Å². The molecular formula is C13H15N3S2. The van der Waals surface area contributed by atoms with Crippen LogP contribution in [0.25, 0.3) is 0 Å². The van der Waals surface area contributed by atoms with E-state index in [2.05, 4.69) is 30.2 Å². The SMILES string of the molecule is Cc1cc(CNc2cc(C(N)=S)ccn2)sc1C. The van der Waals surface area contributed by atoms with Crippen LogP contribution in [0, 0.1) is 13.8 Å². The Labute approximate surface area is 116 Å². The van der Waals surface area contributed by atoms with Gasteiger partial charge in [0.25, 0.3) is 0 Å². The van der Waals surface area contributed by atoms with Gasteiger partial charge in [-0.15, -0.1) is 11.3 Å². The van der Waals surface area contributed by atoms with Gasteiger partial charge in [-0.2, -0.15) is 0 Å². The van der Waals surface area contributed by atoms with E-state index in [-0.39, 0.29) is 0 Å². The molecule has 2 rings (SSSR count). The summed E-state index contributed by atoms with van der Waals surface area (Å²) in [5.41, 5.74) is 7.76. The summed E-state index contributed by atoms with van der Waals surface area (Å²) in [5.74, 6) is 0.795. The second-order valence-corrected chi connectivity index (χ2v) is 5.88. The van der Waals surface area contributed by atoms with Crippen molar-refractivity contribution in [1.82, 2.24) is 4.98 Å². The molecule has 0 fully saturated rings. The molecule has 2 aromatic heterocycles. The Kier molecular flexibility index (Phi) is 3.93. The van der Waals surface area contributed by atoms with Crippen LogP contribution in [0.3, 0.4) is 0 Å². The number of aromatic nitrogens is 1. The van der Waals surface area contributed by atoms with Crippen LogP contribution in [0.1, 0.15) is 20.9 Å². The summed E-state index contributed by atoms with van der Waals surface area (Å²) in [6.07, 6.45) is 1.71. The fourth-order valence-electron chi connectivity index (χ4n) is 1.59. The van der Waals surface area contributed by atoms with E-state index in [4.69, 9.17) is 18.0 Å². The molecule has 0 aliphatic rings. The number of anilines is 1. The molecule has 2 heterocycles.